The molecule has 2 aromatic carbocycles. The number of ketones is 1. The first-order valence-corrected chi connectivity index (χ1v) is 12.9. The molecule has 4 rings (SSSR count). The summed E-state index contributed by atoms with van der Waals surface area (Å²) in [6, 6.07) is 9.28. The van der Waals surface area contributed by atoms with Gasteiger partial charge in [0.25, 0.3) is 0 Å². The van der Waals surface area contributed by atoms with Crippen molar-refractivity contribution in [3.63, 3.8) is 0 Å². The molecule has 2 aromatic rings. The normalized spacial score (nSPS) is 21.5. The van der Waals surface area contributed by atoms with E-state index in [0.717, 1.165) is 5.56 Å². The van der Waals surface area contributed by atoms with Gasteiger partial charge in [0.1, 0.15) is 12.9 Å². The van der Waals surface area contributed by atoms with Gasteiger partial charge in [-0.2, -0.15) is 0 Å². The van der Waals surface area contributed by atoms with Crippen molar-refractivity contribution in [2.45, 2.75) is 51.3 Å². The predicted octanol–water partition coefficient (Wildman–Crippen LogP) is 4.93. The summed E-state index contributed by atoms with van der Waals surface area (Å²) in [5.74, 6) is -0.415. The van der Waals surface area contributed by atoms with Gasteiger partial charge in [0.2, 0.25) is 0 Å². The third-order valence-electron chi connectivity index (χ3n) is 6.31. The Labute approximate surface area is 199 Å². The maximum Gasteiger partial charge on any atom is 0.179 e. The first kappa shape index (κ1) is 23.9. The van der Waals surface area contributed by atoms with Crippen LogP contribution in [0.5, 0.6) is 0 Å². The Morgan fingerprint density at radius 3 is 2.41 bits per heavy atom. The fraction of sp³-hybridized carbons (Fsp3) is 0.346. The van der Waals surface area contributed by atoms with E-state index in [9.17, 15) is 18.3 Å². The van der Waals surface area contributed by atoms with Gasteiger partial charge in [-0.15, -0.1) is 0 Å². The molecule has 0 radical (unpaired) electrons. The maximum atomic E-state index is 13.0. The summed E-state index contributed by atoms with van der Waals surface area (Å²) < 4.78 is 25.7. The second-order valence-electron chi connectivity index (χ2n) is 8.75. The van der Waals surface area contributed by atoms with Gasteiger partial charge < -0.3 is 9.94 Å². The monoisotopic (exact) mass is 480 g/mol. The van der Waals surface area contributed by atoms with Crippen molar-refractivity contribution in [3.05, 3.63) is 63.7 Å². The molecule has 34 heavy (non-hydrogen) atoms. The number of fused-ring (bicyclic) bond motifs is 1. The number of aliphatic imine (C=N–C) groups is 1. The highest BCUT2D eigenvalue weighted by atomic mass is 32.2. The van der Waals surface area contributed by atoms with E-state index in [-0.39, 0.29) is 34.2 Å². The number of hydrogen-bond donors (Lipinski definition) is 1. The van der Waals surface area contributed by atoms with E-state index in [4.69, 9.17) is 4.84 Å². The number of sulfone groups is 1. The second kappa shape index (κ2) is 9.18. The third kappa shape index (κ3) is 4.30. The second-order valence-corrected chi connectivity index (χ2v) is 10.8. The lowest BCUT2D eigenvalue weighted by Gasteiger charge is -2.25. The van der Waals surface area contributed by atoms with Crippen LogP contribution in [0.1, 0.15) is 53.5 Å². The van der Waals surface area contributed by atoms with Crippen molar-refractivity contribution in [2.75, 3.05) is 12.9 Å². The van der Waals surface area contributed by atoms with E-state index in [1.807, 2.05) is 31.2 Å². The molecule has 1 aliphatic heterocycles. The highest BCUT2D eigenvalue weighted by molar-refractivity contribution is 7.91. The summed E-state index contributed by atoms with van der Waals surface area (Å²) in [4.78, 5) is 22.8. The number of carbonyl (C=O) groups is 1. The minimum absolute atomic E-state index is 0.0548. The van der Waals surface area contributed by atoms with Gasteiger partial charge in [-0.3, -0.25) is 9.79 Å². The van der Waals surface area contributed by atoms with E-state index >= 15 is 0 Å². The summed E-state index contributed by atoms with van der Waals surface area (Å²) in [6.07, 6.45) is 1.75. The van der Waals surface area contributed by atoms with Crippen LogP contribution < -0.4 is 0 Å². The molecule has 0 bridgehead atoms. The van der Waals surface area contributed by atoms with Crippen LogP contribution in [0.3, 0.4) is 0 Å². The lowest BCUT2D eigenvalue weighted by atomic mass is 9.86. The molecule has 1 N–H and O–H groups in total. The number of aliphatic hydroxyl groups is 1. The number of oxime groups is 1. The number of carbonyl (C=O) groups excluding carboxylic acids is 1. The van der Waals surface area contributed by atoms with Crippen LogP contribution in [-0.4, -0.2) is 43.6 Å². The Balaban J connectivity index is 1.95. The highest BCUT2D eigenvalue weighted by Crippen LogP contribution is 2.37. The van der Waals surface area contributed by atoms with Crippen molar-refractivity contribution in [1.29, 1.82) is 0 Å². The Hall–Kier alpha value is -3.26. The fourth-order valence-electron chi connectivity index (χ4n) is 4.66. The average molecular weight is 481 g/mol. The van der Waals surface area contributed by atoms with Gasteiger partial charge in [0, 0.05) is 24.0 Å². The van der Waals surface area contributed by atoms with Gasteiger partial charge in [-0.1, -0.05) is 22.9 Å². The quantitative estimate of drug-likeness (QED) is 0.381. The molecule has 0 amide bonds. The summed E-state index contributed by atoms with van der Waals surface area (Å²) in [6.45, 7) is 5.41. The molecule has 2 aliphatic rings. The standard InChI is InChI=1S/C26H28N2O5S/c1-15-8-10-18(11-9-15)27-20-6-5-7-22(29)24(20)25(30)19-14-16(2)26-23(17(19)3)21(28-33-4)12-13-34(26,31)32/h8-11,14,30H,5-7,12-13H2,1-4H3. The van der Waals surface area contributed by atoms with Crippen molar-refractivity contribution in [2.24, 2.45) is 10.1 Å². The van der Waals surface area contributed by atoms with E-state index in [2.05, 4.69) is 10.1 Å². The largest absolute Gasteiger partial charge is 0.506 e. The lowest BCUT2D eigenvalue weighted by Crippen LogP contribution is -2.26. The molecule has 1 heterocycles. The van der Waals surface area contributed by atoms with Crippen molar-refractivity contribution < 1.29 is 23.2 Å². The Morgan fingerprint density at radius 2 is 1.74 bits per heavy atom. The van der Waals surface area contributed by atoms with E-state index in [1.54, 1.807) is 19.9 Å². The van der Waals surface area contributed by atoms with Crippen LogP contribution in [0.25, 0.3) is 5.76 Å². The maximum absolute atomic E-state index is 13.0. The number of benzene rings is 2. The minimum Gasteiger partial charge on any atom is -0.506 e. The minimum atomic E-state index is -3.50. The van der Waals surface area contributed by atoms with Crippen LogP contribution in [0.2, 0.25) is 0 Å². The summed E-state index contributed by atoms with van der Waals surface area (Å²) in [7, 11) is -2.09. The van der Waals surface area contributed by atoms with Crippen molar-refractivity contribution >= 4 is 38.5 Å². The molecule has 178 valence electrons. The lowest BCUT2D eigenvalue weighted by molar-refractivity contribution is -0.115. The van der Waals surface area contributed by atoms with Crippen molar-refractivity contribution in [3.8, 4) is 0 Å². The fourth-order valence-corrected chi connectivity index (χ4v) is 6.46. The number of nitrogens with zero attached hydrogens (tertiary/aromatic N) is 2. The first-order chi connectivity index (χ1) is 16.1. The zero-order valence-corrected chi connectivity index (χ0v) is 20.6. The Morgan fingerprint density at radius 1 is 1.03 bits per heavy atom. The van der Waals surface area contributed by atoms with Gasteiger partial charge >= 0.3 is 0 Å². The molecule has 0 unspecified atom stereocenters. The molecule has 0 atom stereocenters. The smallest absolute Gasteiger partial charge is 0.179 e. The van der Waals surface area contributed by atoms with Crippen LogP contribution in [-0.2, 0) is 19.5 Å². The van der Waals surface area contributed by atoms with Gasteiger partial charge in [0.15, 0.2) is 15.6 Å². The molecule has 1 aliphatic carbocycles. The predicted molar refractivity (Wildman–Crippen MR) is 133 cm³/mol. The first-order valence-electron chi connectivity index (χ1n) is 11.2. The molecule has 1 saturated carbocycles. The van der Waals surface area contributed by atoms with Crippen LogP contribution >= 0.6 is 0 Å². The average Bonchev–Trinajstić information content (AvgIpc) is 2.78. The van der Waals surface area contributed by atoms with Gasteiger partial charge in [-0.05, 0) is 62.9 Å². The number of rotatable bonds is 3. The number of aryl methyl sites for hydroxylation is 2. The van der Waals surface area contributed by atoms with Gasteiger partial charge in [-0.25, -0.2) is 8.42 Å². The molecule has 0 aromatic heterocycles. The third-order valence-corrected chi connectivity index (χ3v) is 8.20. The summed E-state index contributed by atoms with van der Waals surface area (Å²) in [5.41, 5.74) is 4.92. The molecule has 8 heteroatoms. The summed E-state index contributed by atoms with van der Waals surface area (Å²) >= 11 is 0. The van der Waals surface area contributed by atoms with E-state index in [1.165, 1.54) is 7.11 Å². The highest BCUT2D eigenvalue weighted by Gasteiger charge is 2.34. The Kier molecular flexibility index (Phi) is 6.45. The molecule has 7 nitrogen and oxygen atoms in total. The Bertz CT molecular complexity index is 1370. The van der Waals surface area contributed by atoms with Crippen LogP contribution in [0, 0.1) is 20.8 Å². The molecule has 0 spiro atoms. The molecular weight excluding hydrogens is 452 g/mol. The number of Topliss-reactive ketones (excluding diaryl/α,β-unsaturated/α-hetero) is 1. The zero-order valence-electron chi connectivity index (χ0n) is 19.8. The molecule has 1 fully saturated rings. The van der Waals surface area contributed by atoms with E-state index < -0.39 is 9.84 Å². The van der Waals surface area contributed by atoms with E-state index in [0.29, 0.717) is 58.6 Å². The SMILES string of the molecule is CON=C1CCS(=O)(=O)c2c(C)cc(C(O)=C3C(=O)CCCC3=Nc3ccc(C)cc3)c(C)c21. The number of allylic oxidation sites excluding steroid dienone is 1. The number of aliphatic hydroxyl groups excluding tert-OH is 1. The topological polar surface area (TPSA) is 105 Å². The summed E-state index contributed by atoms with van der Waals surface area (Å²) in [5, 5.41) is 15.5. The van der Waals surface area contributed by atoms with Crippen LogP contribution in [0.4, 0.5) is 5.69 Å². The number of hydrogen-bond acceptors (Lipinski definition) is 7. The molecule has 0 saturated heterocycles. The van der Waals surface area contributed by atoms with Crippen molar-refractivity contribution in [1.82, 2.24) is 0 Å². The van der Waals surface area contributed by atoms with Gasteiger partial charge in [0.05, 0.1) is 33.3 Å². The zero-order chi connectivity index (χ0) is 24.6. The van der Waals surface area contributed by atoms with Crippen LogP contribution in [0.15, 0.2) is 50.9 Å². The molecular formula is C26H28N2O5S.